The van der Waals surface area contributed by atoms with Gasteiger partial charge in [-0.3, -0.25) is 10.2 Å². The van der Waals surface area contributed by atoms with Gasteiger partial charge in [-0.1, -0.05) is 18.3 Å². The summed E-state index contributed by atoms with van der Waals surface area (Å²) in [7, 11) is 0. The Kier molecular flexibility index (Phi) is 6.34. The van der Waals surface area contributed by atoms with Gasteiger partial charge in [0, 0.05) is 32.1 Å². The lowest BCUT2D eigenvalue weighted by Crippen LogP contribution is -2.47. The topological polar surface area (TPSA) is 79.4 Å². The van der Waals surface area contributed by atoms with Crippen molar-refractivity contribution >= 4 is 22.5 Å². The van der Waals surface area contributed by atoms with Crippen molar-refractivity contribution in [1.29, 1.82) is 0 Å². The summed E-state index contributed by atoms with van der Waals surface area (Å²) in [6.45, 7) is 8.29. The molecule has 2 heterocycles. The van der Waals surface area contributed by atoms with Crippen LogP contribution in [-0.4, -0.2) is 60.0 Å². The Morgan fingerprint density at radius 3 is 2.90 bits per heavy atom. The van der Waals surface area contributed by atoms with Crippen LogP contribution in [0.2, 0.25) is 0 Å². The van der Waals surface area contributed by atoms with E-state index in [1.54, 1.807) is 0 Å². The van der Waals surface area contributed by atoms with Crippen LogP contribution < -0.4 is 10.6 Å². The third-order valence-electron chi connectivity index (χ3n) is 3.16. The molecule has 0 radical (unpaired) electrons. The van der Waals surface area contributed by atoms with E-state index in [0.29, 0.717) is 5.13 Å². The third-order valence-corrected chi connectivity index (χ3v) is 4.06. The van der Waals surface area contributed by atoms with Gasteiger partial charge in [-0.05, 0) is 13.3 Å². The molecule has 0 bridgehead atoms. The van der Waals surface area contributed by atoms with E-state index in [1.807, 2.05) is 6.92 Å². The second kappa shape index (κ2) is 8.26. The van der Waals surface area contributed by atoms with Crippen molar-refractivity contribution in [2.45, 2.75) is 32.7 Å². The van der Waals surface area contributed by atoms with Crippen LogP contribution in [-0.2, 0) is 11.2 Å². The summed E-state index contributed by atoms with van der Waals surface area (Å²) in [5.74, 6) is 0. The molecule has 0 spiro atoms. The number of nitrogens with zero attached hydrogens (tertiary/aromatic N) is 3. The molecule has 1 aromatic rings. The van der Waals surface area contributed by atoms with Crippen molar-refractivity contribution in [1.82, 2.24) is 20.4 Å². The van der Waals surface area contributed by atoms with Gasteiger partial charge in [-0.2, -0.15) is 0 Å². The Labute approximate surface area is 129 Å². The molecule has 1 aliphatic rings. The van der Waals surface area contributed by atoms with Gasteiger partial charge in [0.05, 0.1) is 13.2 Å². The molecule has 118 valence electrons. The van der Waals surface area contributed by atoms with E-state index in [2.05, 4.69) is 32.7 Å². The summed E-state index contributed by atoms with van der Waals surface area (Å²) >= 11 is 1.43. The average molecular weight is 313 g/mol. The van der Waals surface area contributed by atoms with E-state index in [0.717, 1.165) is 50.7 Å². The zero-order valence-corrected chi connectivity index (χ0v) is 13.4. The second-order valence-electron chi connectivity index (χ2n) is 5.16. The van der Waals surface area contributed by atoms with Crippen molar-refractivity contribution < 1.29 is 9.53 Å². The Balaban J connectivity index is 1.72. The molecule has 2 amide bonds. The fourth-order valence-electron chi connectivity index (χ4n) is 2.19. The number of rotatable bonds is 6. The van der Waals surface area contributed by atoms with E-state index in [9.17, 15) is 4.79 Å². The highest BCUT2D eigenvalue weighted by atomic mass is 32.1. The fraction of sp³-hybridized carbons (Fsp3) is 0.769. The van der Waals surface area contributed by atoms with Crippen LogP contribution in [0.4, 0.5) is 9.93 Å². The molecule has 1 saturated heterocycles. The number of amides is 2. The van der Waals surface area contributed by atoms with Gasteiger partial charge in [0.25, 0.3) is 0 Å². The normalized spacial score (nSPS) is 17.4. The lowest BCUT2D eigenvalue weighted by molar-refractivity contribution is 0.0350. The first kappa shape index (κ1) is 16.1. The van der Waals surface area contributed by atoms with Gasteiger partial charge < -0.3 is 10.1 Å². The number of aromatic nitrogens is 2. The zero-order valence-electron chi connectivity index (χ0n) is 12.6. The van der Waals surface area contributed by atoms with E-state index in [-0.39, 0.29) is 12.1 Å². The summed E-state index contributed by atoms with van der Waals surface area (Å²) < 4.78 is 5.31. The maximum absolute atomic E-state index is 11.9. The molecule has 2 rings (SSSR count). The molecular formula is C13H23N5O2S. The van der Waals surface area contributed by atoms with Crippen molar-refractivity contribution in [3.05, 3.63) is 5.01 Å². The summed E-state index contributed by atoms with van der Waals surface area (Å²) in [5, 5.41) is 15.2. The average Bonchev–Trinajstić information content (AvgIpc) is 2.87. The van der Waals surface area contributed by atoms with E-state index in [4.69, 9.17) is 4.74 Å². The molecule has 2 N–H and O–H groups in total. The van der Waals surface area contributed by atoms with Gasteiger partial charge in [0.15, 0.2) is 0 Å². The molecule has 0 unspecified atom stereocenters. The van der Waals surface area contributed by atoms with Crippen LogP contribution in [0, 0.1) is 0 Å². The summed E-state index contributed by atoms with van der Waals surface area (Å²) in [6.07, 6.45) is 1.92. The second-order valence-corrected chi connectivity index (χ2v) is 6.23. The van der Waals surface area contributed by atoms with E-state index < -0.39 is 0 Å². The number of hydrogen-bond donors (Lipinski definition) is 2. The summed E-state index contributed by atoms with van der Waals surface area (Å²) in [4.78, 5) is 14.2. The van der Waals surface area contributed by atoms with Gasteiger partial charge >= 0.3 is 6.03 Å². The number of morpholine rings is 1. The minimum atomic E-state index is -0.227. The van der Waals surface area contributed by atoms with Gasteiger partial charge in [0.2, 0.25) is 5.13 Å². The number of hydrogen-bond acceptors (Lipinski definition) is 6. The predicted molar refractivity (Wildman–Crippen MR) is 82.8 cm³/mol. The Morgan fingerprint density at radius 2 is 2.19 bits per heavy atom. The molecule has 7 nitrogen and oxygen atoms in total. The zero-order chi connectivity index (χ0) is 15.1. The number of nitrogens with one attached hydrogen (secondary N) is 2. The summed E-state index contributed by atoms with van der Waals surface area (Å²) in [6, 6.07) is -0.152. The SMILES string of the molecule is CCCc1nnc(NC(=O)N[C@@H](C)CN2CCOCC2)s1. The van der Waals surface area contributed by atoms with Crippen LogP contribution >= 0.6 is 11.3 Å². The van der Waals surface area contributed by atoms with E-state index >= 15 is 0 Å². The number of anilines is 1. The molecule has 0 saturated carbocycles. The van der Waals surface area contributed by atoms with Crippen molar-refractivity contribution in [3.8, 4) is 0 Å². The highest BCUT2D eigenvalue weighted by molar-refractivity contribution is 7.15. The first-order valence-corrected chi connectivity index (χ1v) is 8.19. The fourth-order valence-corrected chi connectivity index (χ4v) is 3.03. The predicted octanol–water partition coefficient (Wildman–Crippen LogP) is 1.33. The highest BCUT2D eigenvalue weighted by Crippen LogP contribution is 2.16. The molecule has 1 aliphatic heterocycles. The molecule has 1 fully saturated rings. The van der Waals surface area contributed by atoms with Crippen molar-refractivity contribution in [3.63, 3.8) is 0 Å². The number of carbonyl (C=O) groups excluding carboxylic acids is 1. The van der Waals surface area contributed by atoms with Crippen LogP contribution in [0.3, 0.4) is 0 Å². The monoisotopic (exact) mass is 313 g/mol. The van der Waals surface area contributed by atoms with Gasteiger partial charge in [-0.15, -0.1) is 10.2 Å². The van der Waals surface area contributed by atoms with Crippen LogP contribution in [0.1, 0.15) is 25.3 Å². The molecule has 8 heteroatoms. The number of urea groups is 1. The Morgan fingerprint density at radius 1 is 1.43 bits per heavy atom. The van der Waals surface area contributed by atoms with Crippen LogP contribution in [0.15, 0.2) is 0 Å². The quantitative estimate of drug-likeness (QED) is 0.828. The third kappa shape index (κ3) is 5.56. The number of carbonyl (C=O) groups is 1. The summed E-state index contributed by atoms with van der Waals surface area (Å²) in [5.41, 5.74) is 0. The van der Waals surface area contributed by atoms with Crippen LogP contribution in [0.25, 0.3) is 0 Å². The Hall–Kier alpha value is -1.25. The van der Waals surface area contributed by atoms with Gasteiger partial charge in [-0.25, -0.2) is 4.79 Å². The molecule has 1 atom stereocenters. The van der Waals surface area contributed by atoms with E-state index in [1.165, 1.54) is 11.3 Å². The maximum atomic E-state index is 11.9. The van der Waals surface area contributed by atoms with Crippen molar-refractivity contribution in [2.24, 2.45) is 0 Å². The Bertz CT molecular complexity index is 448. The first-order chi connectivity index (χ1) is 10.2. The van der Waals surface area contributed by atoms with Crippen LogP contribution in [0.5, 0.6) is 0 Å². The number of aryl methyl sites for hydroxylation is 1. The number of ether oxygens (including phenoxy) is 1. The highest BCUT2D eigenvalue weighted by Gasteiger charge is 2.15. The molecular weight excluding hydrogens is 290 g/mol. The molecule has 21 heavy (non-hydrogen) atoms. The maximum Gasteiger partial charge on any atom is 0.321 e. The standard InChI is InChI=1S/C13H23N5O2S/c1-3-4-11-16-17-13(21-11)15-12(19)14-10(2)9-18-5-7-20-8-6-18/h10H,3-9H2,1-2H3,(H2,14,15,17,19)/t10-/m0/s1. The minimum absolute atomic E-state index is 0.0751. The minimum Gasteiger partial charge on any atom is -0.379 e. The van der Waals surface area contributed by atoms with Crippen molar-refractivity contribution in [2.75, 3.05) is 38.2 Å². The molecule has 1 aromatic heterocycles. The van der Waals surface area contributed by atoms with Gasteiger partial charge in [0.1, 0.15) is 5.01 Å². The molecule has 0 aliphatic carbocycles. The molecule has 0 aromatic carbocycles. The lowest BCUT2D eigenvalue weighted by atomic mass is 10.3. The smallest absolute Gasteiger partial charge is 0.321 e. The first-order valence-electron chi connectivity index (χ1n) is 7.37. The largest absolute Gasteiger partial charge is 0.379 e. The lowest BCUT2D eigenvalue weighted by Gasteiger charge is -2.29.